The Hall–Kier alpha value is -0.580. The van der Waals surface area contributed by atoms with Crippen molar-refractivity contribution in [2.75, 3.05) is 32.2 Å². The Bertz CT molecular complexity index is 370. The standard InChI is InChI=1S/C15H22BrNO2/c1-18-15(19-2)11-12-7-9-17(10-8-12)14-5-3-13(16)4-6-14/h3-6,12,15H,7-11H2,1-2H3. The summed E-state index contributed by atoms with van der Waals surface area (Å²) in [5.74, 6) is 0.705. The second kappa shape index (κ2) is 7.27. The summed E-state index contributed by atoms with van der Waals surface area (Å²) in [5, 5.41) is 0. The van der Waals surface area contributed by atoms with Gasteiger partial charge in [0.15, 0.2) is 6.29 Å². The zero-order chi connectivity index (χ0) is 13.7. The van der Waals surface area contributed by atoms with Crippen LogP contribution < -0.4 is 4.90 Å². The Kier molecular flexibility index (Phi) is 5.67. The van der Waals surface area contributed by atoms with E-state index in [0.717, 1.165) is 24.0 Å². The molecule has 1 heterocycles. The maximum Gasteiger partial charge on any atom is 0.157 e. The first-order valence-corrected chi connectivity index (χ1v) is 7.58. The number of nitrogens with zero attached hydrogens (tertiary/aromatic N) is 1. The minimum Gasteiger partial charge on any atom is -0.372 e. The summed E-state index contributed by atoms with van der Waals surface area (Å²) in [7, 11) is 3.43. The van der Waals surface area contributed by atoms with Crippen LogP contribution in [0.15, 0.2) is 28.7 Å². The molecule has 2 rings (SSSR count). The smallest absolute Gasteiger partial charge is 0.157 e. The van der Waals surface area contributed by atoms with Crippen molar-refractivity contribution in [2.24, 2.45) is 5.92 Å². The van der Waals surface area contributed by atoms with Gasteiger partial charge in [-0.05, 0) is 43.0 Å². The van der Waals surface area contributed by atoms with Crippen molar-refractivity contribution in [3.63, 3.8) is 0 Å². The molecule has 1 aromatic rings. The highest BCUT2D eigenvalue weighted by molar-refractivity contribution is 9.10. The molecule has 0 saturated carbocycles. The molecule has 4 heteroatoms. The summed E-state index contributed by atoms with van der Waals surface area (Å²) in [6.45, 7) is 2.24. The molecule has 0 N–H and O–H groups in total. The van der Waals surface area contributed by atoms with Gasteiger partial charge in [-0.3, -0.25) is 0 Å². The van der Waals surface area contributed by atoms with Gasteiger partial charge in [-0.1, -0.05) is 15.9 Å². The van der Waals surface area contributed by atoms with E-state index >= 15 is 0 Å². The predicted molar refractivity (Wildman–Crippen MR) is 81.5 cm³/mol. The minimum atomic E-state index is -0.0516. The average molecular weight is 328 g/mol. The van der Waals surface area contributed by atoms with E-state index in [1.165, 1.54) is 18.5 Å². The molecular weight excluding hydrogens is 306 g/mol. The molecular formula is C15H22BrNO2. The van der Waals surface area contributed by atoms with Gasteiger partial charge in [-0.2, -0.15) is 0 Å². The third-order valence-corrected chi connectivity index (χ3v) is 4.39. The molecule has 1 saturated heterocycles. The molecule has 1 aliphatic heterocycles. The highest BCUT2D eigenvalue weighted by Crippen LogP contribution is 2.27. The predicted octanol–water partition coefficient (Wildman–Crippen LogP) is 3.67. The van der Waals surface area contributed by atoms with Crippen LogP contribution in [-0.2, 0) is 9.47 Å². The van der Waals surface area contributed by atoms with Gasteiger partial charge in [0.25, 0.3) is 0 Å². The van der Waals surface area contributed by atoms with Crippen LogP contribution in [0.3, 0.4) is 0 Å². The first-order chi connectivity index (χ1) is 9.22. The van der Waals surface area contributed by atoms with Gasteiger partial charge in [-0.25, -0.2) is 0 Å². The van der Waals surface area contributed by atoms with Crippen molar-refractivity contribution in [3.05, 3.63) is 28.7 Å². The molecule has 0 unspecified atom stereocenters. The van der Waals surface area contributed by atoms with Crippen molar-refractivity contribution in [1.82, 2.24) is 0 Å². The molecule has 0 radical (unpaired) electrons. The number of methoxy groups -OCH3 is 2. The number of hydrogen-bond acceptors (Lipinski definition) is 3. The van der Waals surface area contributed by atoms with Gasteiger partial charge < -0.3 is 14.4 Å². The molecule has 0 spiro atoms. The molecule has 0 aromatic heterocycles. The number of hydrogen-bond donors (Lipinski definition) is 0. The third-order valence-electron chi connectivity index (χ3n) is 3.86. The molecule has 1 aliphatic rings. The first kappa shape index (κ1) is 14.8. The summed E-state index contributed by atoms with van der Waals surface area (Å²) in [6, 6.07) is 8.57. The minimum absolute atomic E-state index is 0.0516. The van der Waals surface area contributed by atoms with Gasteiger partial charge >= 0.3 is 0 Å². The van der Waals surface area contributed by atoms with E-state index in [1.54, 1.807) is 14.2 Å². The molecule has 0 aliphatic carbocycles. The molecule has 3 nitrogen and oxygen atoms in total. The van der Waals surface area contributed by atoms with E-state index < -0.39 is 0 Å². The van der Waals surface area contributed by atoms with Crippen molar-refractivity contribution >= 4 is 21.6 Å². The lowest BCUT2D eigenvalue weighted by molar-refractivity contribution is -0.115. The Labute approximate surface area is 124 Å². The Morgan fingerprint density at radius 3 is 2.26 bits per heavy atom. The van der Waals surface area contributed by atoms with Gasteiger partial charge in [0.05, 0.1) is 0 Å². The maximum atomic E-state index is 5.29. The molecule has 1 aromatic carbocycles. The van der Waals surface area contributed by atoms with Crippen LogP contribution in [0, 0.1) is 5.92 Å². The van der Waals surface area contributed by atoms with Crippen molar-refractivity contribution in [2.45, 2.75) is 25.6 Å². The Balaban J connectivity index is 1.83. The van der Waals surface area contributed by atoms with Crippen molar-refractivity contribution < 1.29 is 9.47 Å². The lowest BCUT2D eigenvalue weighted by Gasteiger charge is -2.34. The number of anilines is 1. The van der Waals surface area contributed by atoms with Crippen LogP contribution in [-0.4, -0.2) is 33.6 Å². The molecule has 0 atom stereocenters. The zero-order valence-electron chi connectivity index (χ0n) is 11.6. The lowest BCUT2D eigenvalue weighted by Crippen LogP contribution is -2.35. The number of halogens is 1. The van der Waals surface area contributed by atoms with Gasteiger partial charge in [0.1, 0.15) is 0 Å². The molecule has 1 fully saturated rings. The summed E-state index contributed by atoms with van der Waals surface area (Å²) < 4.78 is 11.7. The van der Waals surface area contributed by atoms with Crippen LogP contribution in [0.4, 0.5) is 5.69 Å². The molecule has 19 heavy (non-hydrogen) atoms. The van der Waals surface area contributed by atoms with Gasteiger partial charge in [0, 0.05) is 43.9 Å². The largest absolute Gasteiger partial charge is 0.372 e. The van der Waals surface area contributed by atoms with Gasteiger partial charge in [-0.15, -0.1) is 0 Å². The fourth-order valence-electron chi connectivity index (χ4n) is 2.64. The maximum absolute atomic E-state index is 5.29. The van der Waals surface area contributed by atoms with E-state index in [1.807, 2.05) is 0 Å². The summed E-state index contributed by atoms with van der Waals surface area (Å²) in [4.78, 5) is 2.46. The fourth-order valence-corrected chi connectivity index (χ4v) is 2.90. The number of piperidine rings is 1. The number of ether oxygens (including phenoxy) is 2. The zero-order valence-corrected chi connectivity index (χ0v) is 13.2. The summed E-state index contributed by atoms with van der Waals surface area (Å²) in [6.07, 6.45) is 3.36. The SMILES string of the molecule is COC(CC1CCN(c2ccc(Br)cc2)CC1)OC. The highest BCUT2D eigenvalue weighted by Gasteiger charge is 2.22. The van der Waals surface area contributed by atoms with Gasteiger partial charge in [0.2, 0.25) is 0 Å². The Morgan fingerprint density at radius 1 is 1.16 bits per heavy atom. The van der Waals surface area contributed by atoms with E-state index in [0.29, 0.717) is 5.92 Å². The molecule has 106 valence electrons. The topological polar surface area (TPSA) is 21.7 Å². The summed E-state index contributed by atoms with van der Waals surface area (Å²) >= 11 is 3.48. The second-order valence-corrected chi connectivity index (χ2v) is 5.96. The lowest BCUT2D eigenvalue weighted by atomic mass is 9.93. The van der Waals surface area contributed by atoms with E-state index in [-0.39, 0.29) is 6.29 Å². The van der Waals surface area contributed by atoms with E-state index in [9.17, 15) is 0 Å². The van der Waals surface area contributed by atoms with Crippen molar-refractivity contribution in [3.8, 4) is 0 Å². The van der Waals surface area contributed by atoms with Crippen LogP contribution in [0.5, 0.6) is 0 Å². The fraction of sp³-hybridized carbons (Fsp3) is 0.600. The highest BCUT2D eigenvalue weighted by atomic mass is 79.9. The number of benzene rings is 1. The van der Waals surface area contributed by atoms with Crippen LogP contribution in [0.2, 0.25) is 0 Å². The second-order valence-electron chi connectivity index (χ2n) is 5.04. The normalized spacial score (nSPS) is 17.2. The van der Waals surface area contributed by atoms with Crippen LogP contribution >= 0.6 is 15.9 Å². The summed E-state index contributed by atoms with van der Waals surface area (Å²) in [5.41, 5.74) is 1.32. The molecule has 0 bridgehead atoms. The first-order valence-electron chi connectivity index (χ1n) is 6.79. The van der Waals surface area contributed by atoms with E-state index in [2.05, 4.69) is 45.1 Å². The van der Waals surface area contributed by atoms with Crippen molar-refractivity contribution in [1.29, 1.82) is 0 Å². The monoisotopic (exact) mass is 327 g/mol. The molecule has 0 amide bonds. The number of rotatable bonds is 5. The van der Waals surface area contributed by atoms with Crippen LogP contribution in [0.1, 0.15) is 19.3 Å². The average Bonchev–Trinajstić information content (AvgIpc) is 2.46. The quantitative estimate of drug-likeness (QED) is 0.770. The Morgan fingerprint density at radius 2 is 1.74 bits per heavy atom. The van der Waals surface area contributed by atoms with E-state index in [4.69, 9.17) is 9.47 Å². The van der Waals surface area contributed by atoms with Crippen LogP contribution in [0.25, 0.3) is 0 Å². The third kappa shape index (κ3) is 4.20.